The van der Waals surface area contributed by atoms with E-state index in [9.17, 15) is 18.8 Å². The van der Waals surface area contributed by atoms with E-state index in [1.54, 1.807) is 6.92 Å². The SMILES string of the molecule is CCOC(=O)c1c(F)cc(C=O)n1CC(C)=O. The van der Waals surface area contributed by atoms with E-state index < -0.39 is 17.5 Å². The van der Waals surface area contributed by atoms with E-state index in [1.807, 2.05) is 0 Å². The molecule has 92 valence electrons. The predicted octanol–water partition coefficient (Wildman–Crippen LogP) is 1.21. The highest BCUT2D eigenvalue weighted by molar-refractivity contribution is 5.91. The first-order valence-corrected chi connectivity index (χ1v) is 5.02. The van der Waals surface area contributed by atoms with Crippen LogP contribution in [0.15, 0.2) is 6.07 Å². The zero-order chi connectivity index (χ0) is 13.0. The summed E-state index contributed by atoms with van der Waals surface area (Å²) in [6.45, 7) is 2.70. The molecular formula is C11H12FNO4. The summed E-state index contributed by atoms with van der Waals surface area (Å²) < 4.78 is 19.2. The summed E-state index contributed by atoms with van der Waals surface area (Å²) in [6, 6.07) is 0.905. The van der Waals surface area contributed by atoms with Gasteiger partial charge in [-0.25, -0.2) is 9.18 Å². The van der Waals surface area contributed by atoms with Crippen LogP contribution in [0.4, 0.5) is 4.39 Å². The number of hydrogen-bond donors (Lipinski definition) is 0. The van der Waals surface area contributed by atoms with Gasteiger partial charge in [0.15, 0.2) is 17.8 Å². The van der Waals surface area contributed by atoms with E-state index in [-0.39, 0.29) is 24.6 Å². The molecule has 0 saturated heterocycles. The highest BCUT2D eigenvalue weighted by Crippen LogP contribution is 2.15. The Labute approximate surface area is 97.2 Å². The molecule has 0 atom stereocenters. The number of aldehydes is 1. The summed E-state index contributed by atoms with van der Waals surface area (Å²) in [5.74, 6) is -2.06. The first-order valence-electron chi connectivity index (χ1n) is 5.02. The maximum Gasteiger partial charge on any atom is 0.358 e. The fourth-order valence-corrected chi connectivity index (χ4v) is 1.43. The third kappa shape index (κ3) is 2.77. The van der Waals surface area contributed by atoms with E-state index in [0.29, 0.717) is 6.29 Å². The van der Waals surface area contributed by atoms with Gasteiger partial charge in [0, 0.05) is 6.07 Å². The molecule has 17 heavy (non-hydrogen) atoms. The topological polar surface area (TPSA) is 65.4 Å². The van der Waals surface area contributed by atoms with Gasteiger partial charge in [0.25, 0.3) is 0 Å². The molecule has 0 unspecified atom stereocenters. The quantitative estimate of drug-likeness (QED) is 0.574. The molecule has 0 aliphatic rings. The van der Waals surface area contributed by atoms with Crippen molar-refractivity contribution in [1.82, 2.24) is 4.57 Å². The minimum atomic E-state index is -0.889. The van der Waals surface area contributed by atoms with Gasteiger partial charge in [-0.3, -0.25) is 9.59 Å². The molecular weight excluding hydrogens is 229 g/mol. The van der Waals surface area contributed by atoms with Gasteiger partial charge in [-0.1, -0.05) is 0 Å². The van der Waals surface area contributed by atoms with Gasteiger partial charge in [-0.05, 0) is 13.8 Å². The van der Waals surface area contributed by atoms with Gasteiger partial charge in [0.05, 0.1) is 18.8 Å². The van der Waals surface area contributed by atoms with E-state index in [1.165, 1.54) is 6.92 Å². The molecule has 1 aromatic rings. The number of nitrogens with zero attached hydrogens (tertiary/aromatic N) is 1. The molecule has 6 heteroatoms. The lowest BCUT2D eigenvalue weighted by Crippen LogP contribution is -2.18. The summed E-state index contributed by atoms with van der Waals surface area (Å²) in [6.07, 6.45) is 0.384. The van der Waals surface area contributed by atoms with Crippen LogP contribution in [0.2, 0.25) is 0 Å². The van der Waals surface area contributed by atoms with Crippen molar-refractivity contribution < 1.29 is 23.5 Å². The Bertz CT molecular complexity index is 464. The van der Waals surface area contributed by atoms with Gasteiger partial charge >= 0.3 is 5.97 Å². The summed E-state index contributed by atoms with van der Waals surface area (Å²) >= 11 is 0. The van der Waals surface area contributed by atoms with Gasteiger partial charge in [-0.2, -0.15) is 0 Å². The van der Waals surface area contributed by atoms with Crippen LogP contribution in [0.5, 0.6) is 0 Å². The van der Waals surface area contributed by atoms with Crippen LogP contribution in [0, 0.1) is 5.82 Å². The number of aromatic nitrogens is 1. The van der Waals surface area contributed by atoms with Gasteiger partial charge in [0.2, 0.25) is 0 Å². The highest BCUT2D eigenvalue weighted by Gasteiger charge is 2.23. The van der Waals surface area contributed by atoms with Crippen molar-refractivity contribution in [3.63, 3.8) is 0 Å². The molecule has 0 aliphatic carbocycles. The van der Waals surface area contributed by atoms with Crippen molar-refractivity contribution >= 4 is 18.0 Å². The fraction of sp³-hybridized carbons (Fsp3) is 0.364. The molecule has 0 bridgehead atoms. The van der Waals surface area contributed by atoms with E-state index in [0.717, 1.165) is 10.6 Å². The van der Waals surface area contributed by atoms with Crippen LogP contribution in [0.1, 0.15) is 34.8 Å². The molecule has 0 aromatic carbocycles. The van der Waals surface area contributed by atoms with Gasteiger partial charge in [-0.15, -0.1) is 0 Å². The maximum atomic E-state index is 13.5. The summed E-state index contributed by atoms with van der Waals surface area (Å²) in [5, 5.41) is 0. The number of hydrogen-bond acceptors (Lipinski definition) is 4. The second kappa shape index (κ2) is 5.38. The number of carbonyl (C=O) groups excluding carboxylic acids is 3. The predicted molar refractivity (Wildman–Crippen MR) is 56.4 cm³/mol. The minimum Gasteiger partial charge on any atom is -0.461 e. The monoisotopic (exact) mass is 241 g/mol. The molecule has 0 N–H and O–H groups in total. The lowest BCUT2D eigenvalue weighted by atomic mass is 10.4. The van der Waals surface area contributed by atoms with E-state index >= 15 is 0 Å². The molecule has 0 fully saturated rings. The first-order chi connectivity index (χ1) is 8.01. The fourth-order valence-electron chi connectivity index (χ4n) is 1.43. The molecule has 0 amide bonds. The molecule has 1 aromatic heterocycles. The van der Waals surface area contributed by atoms with Crippen molar-refractivity contribution in [1.29, 1.82) is 0 Å². The molecule has 1 heterocycles. The molecule has 1 rings (SSSR count). The van der Waals surface area contributed by atoms with Crippen molar-refractivity contribution in [2.45, 2.75) is 20.4 Å². The maximum absolute atomic E-state index is 13.5. The van der Waals surface area contributed by atoms with Crippen molar-refractivity contribution in [3.05, 3.63) is 23.3 Å². The number of carbonyl (C=O) groups is 3. The Kier molecular flexibility index (Phi) is 4.14. The lowest BCUT2D eigenvalue weighted by molar-refractivity contribution is -0.117. The van der Waals surface area contributed by atoms with E-state index in [4.69, 9.17) is 0 Å². The third-order valence-corrected chi connectivity index (χ3v) is 2.05. The van der Waals surface area contributed by atoms with Crippen molar-refractivity contribution in [2.75, 3.05) is 6.61 Å². The molecule has 0 radical (unpaired) electrons. The Hall–Kier alpha value is -1.98. The molecule has 0 saturated carbocycles. The number of Topliss-reactive ketones (excluding diaryl/α,β-unsaturated/α-hetero) is 1. The number of esters is 1. The van der Waals surface area contributed by atoms with Crippen LogP contribution in [-0.4, -0.2) is 29.2 Å². The second-order valence-electron chi connectivity index (χ2n) is 3.39. The minimum absolute atomic E-state index is 0.0687. The normalized spacial score (nSPS) is 10.1. The standard InChI is InChI=1S/C11H12FNO4/c1-3-17-11(16)10-9(12)4-8(6-14)13(10)5-7(2)15/h4,6H,3,5H2,1-2H3. The second-order valence-corrected chi connectivity index (χ2v) is 3.39. The number of ketones is 1. The van der Waals surface area contributed by atoms with Crippen LogP contribution in [0.3, 0.4) is 0 Å². The average Bonchev–Trinajstić information content (AvgIpc) is 2.54. The van der Waals surface area contributed by atoms with Crippen LogP contribution in [0.25, 0.3) is 0 Å². The number of rotatable bonds is 5. The average molecular weight is 241 g/mol. The Morgan fingerprint density at radius 3 is 2.65 bits per heavy atom. The summed E-state index contributed by atoms with van der Waals surface area (Å²) in [5.41, 5.74) is -0.468. The van der Waals surface area contributed by atoms with Gasteiger partial charge < -0.3 is 9.30 Å². The van der Waals surface area contributed by atoms with Crippen LogP contribution >= 0.6 is 0 Å². The van der Waals surface area contributed by atoms with Crippen LogP contribution in [-0.2, 0) is 16.1 Å². The van der Waals surface area contributed by atoms with Crippen molar-refractivity contribution in [3.8, 4) is 0 Å². The Morgan fingerprint density at radius 1 is 1.53 bits per heavy atom. The summed E-state index contributed by atoms with van der Waals surface area (Å²) in [7, 11) is 0. The lowest BCUT2D eigenvalue weighted by Gasteiger charge is -2.08. The molecule has 5 nitrogen and oxygen atoms in total. The summed E-state index contributed by atoms with van der Waals surface area (Å²) in [4.78, 5) is 33.2. The Morgan fingerprint density at radius 2 is 2.18 bits per heavy atom. The van der Waals surface area contributed by atoms with E-state index in [2.05, 4.69) is 4.74 Å². The third-order valence-electron chi connectivity index (χ3n) is 2.05. The zero-order valence-electron chi connectivity index (χ0n) is 9.53. The first kappa shape index (κ1) is 13.1. The Balaban J connectivity index is 3.25. The van der Waals surface area contributed by atoms with Gasteiger partial charge in [0.1, 0.15) is 5.78 Å². The zero-order valence-corrected chi connectivity index (χ0v) is 9.53. The van der Waals surface area contributed by atoms with Crippen molar-refractivity contribution in [2.24, 2.45) is 0 Å². The largest absolute Gasteiger partial charge is 0.461 e. The molecule has 0 aliphatic heterocycles. The number of ether oxygens (including phenoxy) is 1. The number of halogens is 1. The molecule has 0 spiro atoms. The smallest absolute Gasteiger partial charge is 0.358 e. The van der Waals surface area contributed by atoms with Crippen LogP contribution < -0.4 is 0 Å². The highest BCUT2D eigenvalue weighted by atomic mass is 19.1.